The molecule has 1 amide bonds. The van der Waals surface area contributed by atoms with Gasteiger partial charge in [-0.05, 0) is 24.6 Å². The highest BCUT2D eigenvalue weighted by Gasteiger charge is 2.50. The van der Waals surface area contributed by atoms with Crippen molar-refractivity contribution in [2.45, 2.75) is 19.1 Å². The second kappa shape index (κ2) is 5.16. The van der Waals surface area contributed by atoms with Crippen LogP contribution in [-0.2, 0) is 14.3 Å². The summed E-state index contributed by atoms with van der Waals surface area (Å²) in [5.41, 5.74) is 1.41. The average Bonchev–Trinajstić information content (AvgIpc) is 3.03. The third kappa shape index (κ3) is 2.43. The fraction of sp³-hybridized carbons (Fsp3) is 0.333. The Morgan fingerprint density at radius 1 is 1.24 bits per heavy atom. The lowest BCUT2D eigenvalue weighted by atomic mass is 9.82. The molecule has 2 bridgehead atoms. The molecule has 2 aliphatic rings. The van der Waals surface area contributed by atoms with Crippen molar-refractivity contribution in [2.24, 2.45) is 11.8 Å². The molecule has 0 saturated carbocycles. The number of anilines is 1. The van der Waals surface area contributed by atoms with E-state index in [2.05, 4.69) is 5.32 Å². The number of rotatable bonds is 3. The smallest absolute Gasteiger partial charge is 0.231 e. The number of benzene rings is 1. The largest absolute Gasteiger partial charge is 0.550 e. The van der Waals surface area contributed by atoms with E-state index < -0.39 is 35.9 Å². The number of halogens is 1. The SMILES string of the molecule is Cc1ccc(Cl)cc1NC(=O)[C@@H]1[C@@H](C(=O)[O-])[C@H]2C=C[C@@H]1O2. The van der Waals surface area contributed by atoms with Gasteiger partial charge < -0.3 is 20.0 Å². The predicted octanol–water partition coefficient (Wildman–Crippen LogP) is 0.906. The van der Waals surface area contributed by atoms with Gasteiger partial charge in [0, 0.05) is 22.6 Å². The maximum atomic E-state index is 12.4. The summed E-state index contributed by atoms with van der Waals surface area (Å²) in [5.74, 6) is -3.41. The summed E-state index contributed by atoms with van der Waals surface area (Å²) < 4.78 is 5.45. The Balaban J connectivity index is 1.83. The molecule has 1 N–H and O–H groups in total. The number of nitrogens with one attached hydrogen (secondary N) is 1. The van der Waals surface area contributed by atoms with Gasteiger partial charge in [-0.1, -0.05) is 29.8 Å². The number of carboxylic acids is 1. The van der Waals surface area contributed by atoms with Gasteiger partial charge in [0.15, 0.2) is 0 Å². The molecule has 6 heteroatoms. The number of amides is 1. The Bertz CT molecular complexity index is 643. The number of ether oxygens (including phenoxy) is 1. The molecule has 21 heavy (non-hydrogen) atoms. The number of hydrogen-bond donors (Lipinski definition) is 1. The van der Waals surface area contributed by atoms with Crippen LogP contribution in [0.5, 0.6) is 0 Å². The van der Waals surface area contributed by atoms with Crippen LogP contribution in [0, 0.1) is 18.8 Å². The molecule has 0 aliphatic carbocycles. The summed E-state index contributed by atoms with van der Waals surface area (Å²) in [5, 5.41) is 14.5. The van der Waals surface area contributed by atoms with Crippen molar-refractivity contribution in [1.82, 2.24) is 0 Å². The van der Waals surface area contributed by atoms with Crippen molar-refractivity contribution in [3.05, 3.63) is 40.9 Å². The Kier molecular flexibility index (Phi) is 3.47. The zero-order chi connectivity index (χ0) is 15.1. The zero-order valence-corrected chi connectivity index (χ0v) is 12.0. The van der Waals surface area contributed by atoms with E-state index in [1.165, 1.54) is 0 Å². The molecule has 0 spiro atoms. The van der Waals surface area contributed by atoms with Crippen LogP contribution in [0.1, 0.15) is 5.56 Å². The number of carbonyl (C=O) groups excluding carboxylic acids is 2. The van der Waals surface area contributed by atoms with Crippen molar-refractivity contribution in [1.29, 1.82) is 0 Å². The number of fused-ring (bicyclic) bond motifs is 2. The summed E-state index contributed by atoms with van der Waals surface area (Å²) in [7, 11) is 0. The van der Waals surface area contributed by atoms with Crippen molar-refractivity contribution in [3.63, 3.8) is 0 Å². The highest BCUT2D eigenvalue weighted by atomic mass is 35.5. The number of aliphatic carboxylic acids is 1. The van der Waals surface area contributed by atoms with E-state index in [1.807, 2.05) is 6.92 Å². The van der Waals surface area contributed by atoms with E-state index in [4.69, 9.17) is 16.3 Å². The number of aryl methyl sites for hydroxylation is 1. The molecule has 2 aliphatic heterocycles. The monoisotopic (exact) mass is 306 g/mol. The summed E-state index contributed by atoms with van der Waals surface area (Å²) >= 11 is 5.91. The van der Waals surface area contributed by atoms with Crippen LogP contribution in [0.25, 0.3) is 0 Å². The highest BCUT2D eigenvalue weighted by Crippen LogP contribution is 2.39. The second-order valence-corrected chi connectivity index (χ2v) is 5.71. The zero-order valence-electron chi connectivity index (χ0n) is 11.2. The van der Waals surface area contributed by atoms with E-state index in [0.29, 0.717) is 10.7 Å². The van der Waals surface area contributed by atoms with Gasteiger partial charge in [-0.3, -0.25) is 4.79 Å². The lowest BCUT2D eigenvalue weighted by Gasteiger charge is -2.25. The van der Waals surface area contributed by atoms with Crippen LogP contribution in [0.3, 0.4) is 0 Å². The number of hydrogen-bond acceptors (Lipinski definition) is 4. The van der Waals surface area contributed by atoms with E-state index in [1.54, 1.807) is 30.4 Å². The molecule has 1 aromatic rings. The third-order valence-corrected chi connectivity index (χ3v) is 4.17. The molecule has 110 valence electrons. The van der Waals surface area contributed by atoms with Crippen molar-refractivity contribution in [2.75, 3.05) is 5.32 Å². The lowest BCUT2D eigenvalue weighted by molar-refractivity contribution is -0.313. The van der Waals surface area contributed by atoms with E-state index in [9.17, 15) is 14.7 Å². The van der Waals surface area contributed by atoms with Gasteiger partial charge in [0.25, 0.3) is 0 Å². The summed E-state index contributed by atoms with van der Waals surface area (Å²) in [6, 6.07) is 5.14. The quantitative estimate of drug-likeness (QED) is 0.842. The normalized spacial score (nSPS) is 29.6. The first-order valence-corrected chi connectivity index (χ1v) is 6.97. The molecule has 0 aromatic heterocycles. The number of carbonyl (C=O) groups is 2. The van der Waals surface area contributed by atoms with Gasteiger partial charge in [-0.25, -0.2) is 0 Å². The molecular weight excluding hydrogens is 294 g/mol. The van der Waals surface area contributed by atoms with Gasteiger partial charge in [0.1, 0.15) is 0 Å². The standard InChI is InChI=1S/C15H14ClNO4/c1-7-2-3-8(16)6-9(7)17-14(18)12-10-4-5-11(21-10)13(12)15(19)20/h2-6,10-13H,1H3,(H,17,18)(H,19,20)/p-1/t10-,11+,12-,13-/m0/s1. The van der Waals surface area contributed by atoms with Crippen molar-refractivity contribution in [3.8, 4) is 0 Å². The van der Waals surface area contributed by atoms with Gasteiger partial charge in [-0.15, -0.1) is 0 Å². The molecule has 5 nitrogen and oxygen atoms in total. The number of carboxylic acid groups (broad SMARTS) is 1. The minimum absolute atomic E-state index is 0.397. The highest BCUT2D eigenvalue weighted by molar-refractivity contribution is 6.31. The molecule has 3 rings (SSSR count). The fourth-order valence-corrected chi connectivity index (χ4v) is 3.02. The van der Waals surface area contributed by atoms with Gasteiger partial charge >= 0.3 is 0 Å². The molecular formula is C15H13ClNO4-. The van der Waals surface area contributed by atoms with Crippen LogP contribution in [0.4, 0.5) is 5.69 Å². The van der Waals surface area contributed by atoms with E-state index in [-0.39, 0.29) is 0 Å². The van der Waals surface area contributed by atoms with E-state index in [0.717, 1.165) is 5.56 Å². The van der Waals surface area contributed by atoms with Crippen molar-refractivity contribution < 1.29 is 19.4 Å². The van der Waals surface area contributed by atoms with Crippen molar-refractivity contribution >= 4 is 29.2 Å². The summed E-state index contributed by atoms with van der Waals surface area (Å²) in [6.07, 6.45) is 2.28. The van der Waals surface area contributed by atoms with Crippen LogP contribution < -0.4 is 10.4 Å². The maximum absolute atomic E-state index is 12.4. The van der Waals surface area contributed by atoms with Crippen LogP contribution in [0.2, 0.25) is 5.02 Å². The van der Waals surface area contributed by atoms with Crippen LogP contribution >= 0.6 is 11.6 Å². The fourth-order valence-electron chi connectivity index (χ4n) is 2.85. The second-order valence-electron chi connectivity index (χ2n) is 5.27. The van der Waals surface area contributed by atoms with Gasteiger partial charge in [0.05, 0.1) is 18.1 Å². The predicted molar refractivity (Wildman–Crippen MR) is 74.6 cm³/mol. The van der Waals surface area contributed by atoms with E-state index >= 15 is 0 Å². The Labute approximate surface area is 126 Å². The van der Waals surface area contributed by atoms with Gasteiger partial charge in [0.2, 0.25) is 5.91 Å². The third-order valence-electron chi connectivity index (χ3n) is 3.93. The van der Waals surface area contributed by atoms with Gasteiger partial charge in [-0.2, -0.15) is 0 Å². The molecule has 0 unspecified atom stereocenters. The summed E-state index contributed by atoms with van der Waals surface area (Å²) in [4.78, 5) is 23.7. The lowest BCUT2D eigenvalue weighted by Crippen LogP contribution is -2.45. The summed E-state index contributed by atoms with van der Waals surface area (Å²) in [6.45, 7) is 1.83. The topological polar surface area (TPSA) is 78.5 Å². The molecule has 2 heterocycles. The Hall–Kier alpha value is -1.85. The maximum Gasteiger partial charge on any atom is 0.231 e. The average molecular weight is 307 g/mol. The first kappa shape index (κ1) is 14.1. The van der Waals surface area contributed by atoms with Crippen LogP contribution in [-0.4, -0.2) is 24.1 Å². The molecule has 0 radical (unpaired) electrons. The minimum atomic E-state index is -1.27. The first-order chi connectivity index (χ1) is 9.97. The molecule has 1 aromatic carbocycles. The minimum Gasteiger partial charge on any atom is -0.550 e. The molecule has 4 atom stereocenters. The first-order valence-electron chi connectivity index (χ1n) is 6.59. The Morgan fingerprint density at radius 3 is 2.57 bits per heavy atom. The van der Waals surface area contributed by atoms with Crippen LogP contribution in [0.15, 0.2) is 30.4 Å². The molecule has 1 fully saturated rings. The molecule has 1 saturated heterocycles. The Morgan fingerprint density at radius 2 is 1.90 bits per heavy atom.